The first-order valence-electron chi connectivity index (χ1n) is 5.96. The Hall–Kier alpha value is -1.16. The largest absolute Gasteiger partial charge is 0.355 e. The fourth-order valence-corrected chi connectivity index (χ4v) is 2.12. The highest BCUT2D eigenvalue weighted by Crippen LogP contribution is 2.25. The number of anilines is 1. The molecule has 1 fully saturated rings. The highest BCUT2D eigenvalue weighted by Gasteiger charge is 2.23. The van der Waals surface area contributed by atoms with Gasteiger partial charge in [-0.25, -0.2) is 4.98 Å². The zero-order valence-corrected chi connectivity index (χ0v) is 10.1. The molecule has 1 aromatic heterocycles. The predicted molar refractivity (Wildman–Crippen MR) is 65.1 cm³/mol. The monoisotopic (exact) mass is 220 g/mol. The van der Waals surface area contributed by atoms with Gasteiger partial charge < -0.3 is 10.6 Å². The van der Waals surface area contributed by atoms with Crippen LogP contribution in [0.2, 0.25) is 0 Å². The van der Waals surface area contributed by atoms with Crippen molar-refractivity contribution in [2.45, 2.75) is 26.8 Å². The predicted octanol–water partition coefficient (Wildman–Crippen LogP) is 1.42. The Bertz CT molecular complexity index is 353. The van der Waals surface area contributed by atoms with Crippen molar-refractivity contribution in [2.24, 2.45) is 17.6 Å². The van der Waals surface area contributed by atoms with Gasteiger partial charge in [0.2, 0.25) is 0 Å². The van der Waals surface area contributed by atoms with Crippen molar-refractivity contribution in [3.05, 3.63) is 18.1 Å². The van der Waals surface area contributed by atoms with E-state index in [-0.39, 0.29) is 0 Å². The third-order valence-electron chi connectivity index (χ3n) is 3.54. The molecule has 1 saturated heterocycles. The zero-order chi connectivity index (χ0) is 11.5. The maximum Gasteiger partial charge on any atom is 0.147 e. The molecule has 0 bridgehead atoms. The van der Waals surface area contributed by atoms with Gasteiger partial charge >= 0.3 is 0 Å². The van der Waals surface area contributed by atoms with Crippen LogP contribution in [-0.2, 0) is 6.54 Å². The van der Waals surface area contributed by atoms with Crippen molar-refractivity contribution < 1.29 is 0 Å². The van der Waals surface area contributed by atoms with E-state index < -0.39 is 0 Å². The molecule has 0 radical (unpaired) electrons. The van der Waals surface area contributed by atoms with Crippen LogP contribution < -0.4 is 10.6 Å². The molecule has 4 heteroatoms. The van der Waals surface area contributed by atoms with E-state index in [2.05, 4.69) is 28.7 Å². The molecule has 88 valence electrons. The minimum absolute atomic E-state index is 0.459. The van der Waals surface area contributed by atoms with Crippen LogP contribution in [0.3, 0.4) is 0 Å². The van der Waals surface area contributed by atoms with Gasteiger partial charge in [0.25, 0.3) is 0 Å². The number of hydrogen-bond acceptors (Lipinski definition) is 4. The van der Waals surface area contributed by atoms with E-state index in [4.69, 9.17) is 5.73 Å². The van der Waals surface area contributed by atoms with Crippen molar-refractivity contribution >= 4 is 5.82 Å². The van der Waals surface area contributed by atoms with E-state index in [0.29, 0.717) is 6.54 Å². The topological polar surface area (TPSA) is 55.0 Å². The molecule has 0 aromatic carbocycles. The summed E-state index contributed by atoms with van der Waals surface area (Å²) in [7, 11) is 0. The summed E-state index contributed by atoms with van der Waals surface area (Å²) < 4.78 is 0. The van der Waals surface area contributed by atoms with E-state index in [0.717, 1.165) is 36.4 Å². The lowest BCUT2D eigenvalue weighted by Gasteiger charge is -2.35. The lowest BCUT2D eigenvalue weighted by Crippen LogP contribution is -2.39. The Morgan fingerprint density at radius 2 is 2.19 bits per heavy atom. The Balaban J connectivity index is 2.12. The van der Waals surface area contributed by atoms with Gasteiger partial charge in [-0.3, -0.25) is 4.98 Å². The molecule has 2 atom stereocenters. The Kier molecular flexibility index (Phi) is 3.39. The third kappa shape index (κ3) is 2.32. The Morgan fingerprint density at radius 3 is 2.88 bits per heavy atom. The second kappa shape index (κ2) is 4.78. The van der Waals surface area contributed by atoms with Crippen LogP contribution in [0, 0.1) is 11.8 Å². The van der Waals surface area contributed by atoms with E-state index in [1.54, 1.807) is 6.20 Å². The van der Waals surface area contributed by atoms with Crippen molar-refractivity contribution in [1.29, 1.82) is 0 Å². The van der Waals surface area contributed by atoms with Gasteiger partial charge in [0, 0.05) is 25.8 Å². The van der Waals surface area contributed by atoms with Crippen LogP contribution in [0.1, 0.15) is 26.0 Å². The van der Waals surface area contributed by atoms with Crippen LogP contribution in [0.25, 0.3) is 0 Å². The van der Waals surface area contributed by atoms with Crippen molar-refractivity contribution in [2.75, 3.05) is 18.0 Å². The number of nitrogens with two attached hydrogens (primary N) is 1. The second-order valence-corrected chi connectivity index (χ2v) is 4.76. The van der Waals surface area contributed by atoms with E-state index in [1.165, 1.54) is 6.42 Å². The van der Waals surface area contributed by atoms with Crippen LogP contribution in [0.5, 0.6) is 0 Å². The average molecular weight is 220 g/mol. The third-order valence-corrected chi connectivity index (χ3v) is 3.54. The molecule has 2 rings (SSSR count). The fraction of sp³-hybridized carbons (Fsp3) is 0.667. The summed E-state index contributed by atoms with van der Waals surface area (Å²) in [6, 6.07) is 0. The average Bonchev–Trinajstić information content (AvgIpc) is 2.33. The lowest BCUT2D eigenvalue weighted by atomic mass is 9.89. The smallest absolute Gasteiger partial charge is 0.147 e. The number of rotatable bonds is 2. The molecule has 1 aromatic rings. The molecule has 1 aliphatic rings. The van der Waals surface area contributed by atoms with Gasteiger partial charge in [-0.1, -0.05) is 13.8 Å². The highest BCUT2D eigenvalue weighted by molar-refractivity contribution is 5.37. The first-order chi connectivity index (χ1) is 7.70. The Morgan fingerprint density at radius 1 is 1.38 bits per heavy atom. The molecule has 0 spiro atoms. The SMILES string of the molecule is CC1CCN(c2cncc(CN)n2)CC1C. The summed E-state index contributed by atoms with van der Waals surface area (Å²) in [6.07, 6.45) is 4.80. The van der Waals surface area contributed by atoms with Gasteiger partial charge in [0.15, 0.2) is 0 Å². The van der Waals surface area contributed by atoms with Gasteiger partial charge in [-0.05, 0) is 18.3 Å². The minimum atomic E-state index is 0.459. The number of hydrogen-bond donors (Lipinski definition) is 1. The molecule has 2 heterocycles. The van der Waals surface area contributed by atoms with Crippen LogP contribution in [0.4, 0.5) is 5.82 Å². The summed E-state index contributed by atoms with van der Waals surface area (Å²) in [6.45, 7) is 7.24. The first-order valence-corrected chi connectivity index (χ1v) is 5.96. The highest BCUT2D eigenvalue weighted by atomic mass is 15.2. The fourth-order valence-electron chi connectivity index (χ4n) is 2.12. The molecule has 0 amide bonds. The van der Waals surface area contributed by atoms with Crippen LogP contribution in [-0.4, -0.2) is 23.1 Å². The minimum Gasteiger partial charge on any atom is -0.355 e. The van der Waals surface area contributed by atoms with Crippen molar-refractivity contribution in [3.63, 3.8) is 0 Å². The normalized spacial score (nSPS) is 25.8. The lowest BCUT2D eigenvalue weighted by molar-refractivity contribution is 0.322. The number of aromatic nitrogens is 2. The van der Waals surface area contributed by atoms with Gasteiger partial charge in [-0.2, -0.15) is 0 Å². The van der Waals surface area contributed by atoms with E-state index >= 15 is 0 Å². The van der Waals surface area contributed by atoms with Crippen LogP contribution >= 0.6 is 0 Å². The van der Waals surface area contributed by atoms with E-state index in [1.807, 2.05) is 6.20 Å². The van der Waals surface area contributed by atoms with E-state index in [9.17, 15) is 0 Å². The van der Waals surface area contributed by atoms with Gasteiger partial charge in [0.1, 0.15) is 5.82 Å². The molecule has 4 nitrogen and oxygen atoms in total. The van der Waals surface area contributed by atoms with Crippen molar-refractivity contribution in [1.82, 2.24) is 9.97 Å². The molecule has 2 unspecified atom stereocenters. The molecule has 0 aliphatic carbocycles. The van der Waals surface area contributed by atoms with Crippen LogP contribution in [0.15, 0.2) is 12.4 Å². The first kappa shape index (κ1) is 11.3. The Labute approximate surface area is 96.9 Å². The molecule has 0 saturated carbocycles. The zero-order valence-electron chi connectivity index (χ0n) is 10.1. The van der Waals surface area contributed by atoms with Crippen molar-refractivity contribution in [3.8, 4) is 0 Å². The number of nitrogens with zero attached hydrogens (tertiary/aromatic N) is 3. The maximum absolute atomic E-state index is 5.58. The number of piperidine rings is 1. The summed E-state index contributed by atoms with van der Waals surface area (Å²) in [5.74, 6) is 2.50. The maximum atomic E-state index is 5.58. The van der Waals surface area contributed by atoms with Gasteiger partial charge in [0.05, 0.1) is 11.9 Å². The quantitative estimate of drug-likeness (QED) is 0.819. The molecule has 1 aliphatic heterocycles. The molecular formula is C12H20N4. The molecule has 16 heavy (non-hydrogen) atoms. The molecule has 2 N–H and O–H groups in total. The standard InChI is InChI=1S/C12H20N4/c1-9-3-4-16(8-10(9)2)12-7-14-6-11(5-13)15-12/h6-7,9-10H,3-5,8,13H2,1-2H3. The summed E-state index contributed by atoms with van der Waals surface area (Å²) in [5.41, 5.74) is 6.44. The summed E-state index contributed by atoms with van der Waals surface area (Å²) in [5, 5.41) is 0. The van der Waals surface area contributed by atoms with Gasteiger partial charge in [-0.15, -0.1) is 0 Å². The second-order valence-electron chi connectivity index (χ2n) is 4.76. The summed E-state index contributed by atoms with van der Waals surface area (Å²) in [4.78, 5) is 11.0. The summed E-state index contributed by atoms with van der Waals surface area (Å²) >= 11 is 0. The molecular weight excluding hydrogens is 200 g/mol.